The first-order valence-corrected chi connectivity index (χ1v) is 6.50. The molecule has 0 fully saturated rings. The minimum atomic E-state index is -0.787. The summed E-state index contributed by atoms with van der Waals surface area (Å²) in [5, 5.41) is 8.64. The number of rotatable bonds is 4. The van der Waals surface area contributed by atoms with Gasteiger partial charge in [-0.1, -0.05) is 24.0 Å². The van der Waals surface area contributed by atoms with Gasteiger partial charge in [0.2, 0.25) is 5.88 Å². The van der Waals surface area contributed by atoms with E-state index in [0.29, 0.717) is 12.3 Å². The third-order valence-corrected chi connectivity index (χ3v) is 2.88. The van der Waals surface area contributed by atoms with E-state index in [9.17, 15) is 4.79 Å². The van der Waals surface area contributed by atoms with Gasteiger partial charge in [-0.3, -0.25) is 4.79 Å². The Bertz CT molecular complexity index is 681. The molecule has 0 aliphatic rings. The monoisotopic (exact) mass is 281 g/mol. The SMILES string of the molecule is COc1cc(C#Cc2ccc(CCC(=O)O)cc2)ccn1. The normalized spacial score (nSPS) is 9.57. The van der Waals surface area contributed by atoms with Crippen LogP contribution in [0.25, 0.3) is 0 Å². The molecule has 0 spiro atoms. The number of carboxylic acids is 1. The summed E-state index contributed by atoms with van der Waals surface area (Å²) in [4.78, 5) is 14.5. The lowest BCUT2D eigenvalue weighted by Gasteiger charge is -1.99. The van der Waals surface area contributed by atoms with Crippen LogP contribution in [-0.4, -0.2) is 23.2 Å². The summed E-state index contributed by atoms with van der Waals surface area (Å²) in [6.45, 7) is 0. The number of carbonyl (C=O) groups is 1. The third kappa shape index (κ3) is 4.66. The van der Waals surface area contributed by atoms with Gasteiger partial charge in [-0.15, -0.1) is 0 Å². The van der Waals surface area contributed by atoms with Crippen LogP contribution < -0.4 is 4.74 Å². The molecule has 1 N–H and O–H groups in total. The van der Waals surface area contributed by atoms with Gasteiger partial charge in [0, 0.05) is 29.8 Å². The number of ether oxygens (including phenoxy) is 1. The summed E-state index contributed by atoms with van der Waals surface area (Å²) in [7, 11) is 1.56. The molecule has 2 rings (SSSR count). The van der Waals surface area contributed by atoms with Crippen LogP contribution in [0, 0.1) is 11.8 Å². The van der Waals surface area contributed by atoms with Gasteiger partial charge in [0.1, 0.15) is 0 Å². The van der Waals surface area contributed by atoms with Gasteiger partial charge in [-0.25, -0.2) is 4.98 Å². The van der Waals surface area contributed by atoms with Crippen LogP contribution in [0.15, 0.2) is 42.6 Å². The van der Waals surface area contributed by atoms with Crippen molar-refractivity contribution in [3.63, 3.8) is 0 Å². The Hall–Kier alpha value is -2.80. The van der Waals surface area contributed by atoms with Crippen molar-refractivity contribution in [2.75, 3.05) is 7.11 Å². The first kappa shape index (κ1) is 14.6. The van der Waals surface area contributed by atoms with Crippen LogP contribution in [0.1, 0.15) is 23.1 Å². The van der Waals surface area contributed by atoms with Gasteiger partial charge in [0.05, 0.1) is 7.11 Å². The zero-order chi connectivity index (χ0) is 15.1. The smallest absolute Gasteiger partial charge is 0.303 e. The topological polar surface area (TPSA) is 59.4 Å². The number of nitrogens with zero attached hydrogens (tertiary/aromatic N) is 1. The number of hydrogen-bond acceptors (Lipinski definition) is 3. The van der Waals surface area contributed by atoms with E-state index in [0.717, 1.165) is 16.7 Å². The fraction of sp³-hybridized carbons (Fsp3) is 0.176. The quantitative estimate of drug-likeness (QED) is 0.875. The van der Waals surface area contributed by atoms with E-state index in [1.54, 1.807) is 19.4 Å². The summed E-state index contributed by atoms with van der Waals surface area (Å²) >= 11 is 0. The number of methoxy groups -OCH3 is 1. The second-order valence-corrected chi connectivity index (χ2v) is 4.43. The molecular weight excluding hydrogens is 266 g/mol. The molecule has 1 aromatic heterocycles. The number of benzene rings is 1. The van der Waals surface area contributed by atoms with Crippen molar-refractivity contribution in [3.05, 3.63) is 59.3 Å². The van der Waals surface area contributed by atoms with Gasteiger partial charge in [-0.2, -0.15) is 0 Å². The molecule has 4 nitrogen and oxygen atoms in total. The van der Waals surface area contributed by atoms with Gasteiger partial charge < -0.3 is 9.84 Å². The Morgan fingerprint density at radius 2 is 1.90 bits per heavy atom. The van der Waals surface area contributed by atoms with Gasteiger partial charge >= 0.3 is 5.97 Å². The maximum absolute atomic E-state index is 10.5. The van der Waals surface area contributed by atoms with E-state index in [-0.39, 0.29) is 6.42 Å². The van der Waals surface area contributed by atoms with Crippen molar-refractivity contribution >= 4 is 5.97 Å². The molecule has 0 bridgehead atoms. The molecule has 0 saturated carbocycles. The van der Waals surface area contributed by atoms with Gasteiger partial charge in [0.25, 0.3) is 0 Å². The van der Waals surface area contributed by atoms with Crippen LogP contribution in [0.2, 0.25) is 0 Å². The molecular formula is C17H15NO3. The van der Waals surface area contributed by atoms with E-state index >= 15 is 0 Å². The molecule has 0 unspecified atom stereocenters. The third-order valence-electron chi connectivity index (χ3n) is 2.88. The molecule has 4 heteroatoms. The minimum Gasteiger partial charge on any atom is -0.481 e. The van der Waals surface area contributed by atoms with Crippen molar-refractivity contribution in [1.29, 1.82) is 0 Å². The highest BCUT2D eigenvalue weighted by molar-refractivity contribution is 5.67. The second-order valence-electron chi connectivity index (χ2n) is 4.43. The lowest BCUT2D eigenvalue weighted by atomic mass is 10.1. The maximum Gasteiger partial charge on any atom is 0.303 e. The molecule has 2 aromatic rings. The second kappa shape index (κ2) is 7.11. The van der Waals surface area contributed by atoms with Crippen LogP contribution in [0.4, 0.5) is 0 Å². The number of aliphatic carboxylic acids is 1. The van der Waals surface area contributed by atoms with E-state index in [1.165, 1.54) is 0 Å². The molecule has 0 saturated heterocycles. The van der Waals surface area contributed by atoms with E-state index in [4.69, 9.17) is 9.84 Å². The lowest BCUT2D eigenvalue weighted by Crippen LogP contribution is -1.97. The summed E-state index contributed by atoms with van der Waals surface area (Å²) in [6, 6.07) is 11.2. The minimum absolute atomic E-state index is 0.141. The Labute approximate surface area is 123 Å². The first-order chi connectivity index (χ1) is 10.2. The van der Waals surface area contributed by atoms with Crippen LogP contribution >= 0.6 is 0 Å². The predicted octanol–water partition coefficient (Wildman–Crippen LogP) is 2.51. The van der Waals surface area contributed by atoms with Crippen molar-refractivity contribution in [1.82, 2.24) is 4.98 Å². The zero-order valence-corrected chi connectivity index (χ0v) is 11.7. The maximum atomic E-state index is 10.5. The number of aromatic nitrogens is 1. The molecule has 0 atom stereocenters. The Balaban J connectivity index is 2.06. The molecule has 0 aliphatic heterocycles. The average molecular weight is 281 g/mol. The number of carboxylic acid groups (broad SMARTS) is 1. The fourth-order valence-electron chi connectivity index (χ4n) is 1.75. The van der Waals surface area contributed by atoms with E-state index in [1.807, 2.05) is 30.3 Å². The van der Waals surface area contributed by atoms with Crippen LogP contribution in [0.5, 0.6) is 5.88 Å². The molecule has 0 radical (unpaired) electrons. The Morgan fingerprint density at radius 3 is 2.57 bits per heavy atom. The summed E-state index contributed by atoms with van der Waals surface area (Å²) in [5.41, 5.74) is 2.70. The number of aryl methyl sites for hydroxylation is 1. The average Bonchev–Trinajstić information content (AvgIpc) is 2.52. The van der Waals surface area contributed by atoms with Crippen molar-refractivity contribution < 1.29 is 14.6 Å². The highest BCUT2D eigenvalue weighted by Crippen LogP contribution is 2.09. The molecule has 1 heterocycles. The van der Waals surface area contributed by atoms with Gasteiger partial charge in [0.15, 0.2) is 0 Å². The largest absolute Gasteiger partial charge is 0.481 e. The van der Waals surface area contributed by atoms with Crippen molar-refractivity contribution in [2.24, 2.45) is 0 Å². The Kier molecular flexibility index (Phi) is 4.94. The highest BCUT2D eigenvalue weighted by Gasteiger charge is 1.98. The molecule has 0 amide bonds. The zero-order valence-electron chi connectivity index (χ0n) is 11.7. The van der Waals surface area contributed by atoms with Crippen LogP contribution in [-0.2, 0) is 11.2 Å². The standard InChI is InChI=1S/C17H15NO3/c1-21-16-12-15(10-11-18-16)7-6-13-2-4-14(5-3-13)8-9-17(19)20/h2-5,10-12H,8-9H2,1H3,(H,19,20). The van der Waals surface area contributed by atoms with E-state index in [2.05, 4.69) is 16.8 Å². The Morgan fingerprint density at radius 1 is 1.19 bits per heavy atom. The van der Waals surface area contributed by atoms with E-state index < -0.39 is 5.97 Å². The lowest BCUT2D eigenvalue weighted by molar-refractivity contribution is -0.136. The van der Waals surface area contributed by atoms with Crippen molar-refractivity contribution in [3.8, 4) is 17.7 Å². The molecule has 1 aromatic carbocycles. The van der Waals surface area contributed by atoms with Gasteiger partial charge in [-0.05, 0) is 30.2 Å². The first-order valence-electron chi connectivity index (χ1n) is 6.50. The highest BCUT2D eigenvalue weighted by atomic mass is 16.5. The summed E-state index contributed by atoms with van der Waals surface area (Å²) < 4.78 is 5.04. The fourth-order valence-corrected chi connectivity index (χ4v) is 1.75. The number of hydrogen-bond donors (Lipinski definition) is 1. The molecule has 0 aliphatic carbocycles. The number of pyridine rings is 1. The predicted molar refractivity (Wildman–Crippen MR) is 79.2 cm³/mol. The van der Waals surface area contributed by atoms with Crippen molar-refractivity contribution in [2.45, 2.75) is 12.8 Å². The molecule has 21 heavy (non-hydrogen) atoms. The summed E-state index contributed by atoms with van der Waals surface area (Å²) in [5.74, 6) is 5.84. The van der Waals surface area contributed by atoms with Crippen LogP contribution in [0.3, 0.4) is 0 Å². The summed E-state index contributed by atoms with van der Waals surface area (Å²) in [6.07, 6.45) is 2.32. The molecule has 106 valence electrons.